The Hall–Kier alpha value is -4.33. The van der Waals surface area contributed by atoms with Gasteiger partial charge in [-0.2, -0.15) is 0 Å². The van der Waals surface area contributed by atoms with E-state index in [-0.39, 0.29) is 18.4 Å². The molecule has 2 fully saturated rings. The molecule has 6 rings (SSSR count). The lowest BCUT2D eigenvalue weighted by molar-refractivity contribution is 0.0412. The van der Waals surface area contributed by atoms with Crippen LogP contribution in [0.3, 0.4) is 0 Å². The van der Waals surface area contributed by atoms with Crippen LogP contribution in [0, 0.1) is 0 Å². The SMILES string of the molecule is O=C(c1cccc(CO)c1)N1CCC(N2CCN(C(=O)c3cc(-c4ccccc4)nc(-c4ccccc4)c3)CC2)CC1. The van der Waals surface area contributed by atoms with Gasteiger partial charge < -0.3 is 14.9 Å². The minimum Gasteiger partial charge on any atom is -0.392 e. The van der Waals surface area contributed by atoms with Gasteiger partial charge in [-0.3, -0.25) is 14.5 Å². The van der Waals surface area contributed by atoms with Crippen molar-refractivity contribution < 1.29 is 14.7 Å². The minimum atomic E-state index is -0.0682. The summed E-state index contributed by atoms with van der Waals surface area (Å²) in [5.41, 5.74) is 5.61. The summed E-state index contributed by atoms with van der Waals surface area (Å²) in [5.74, 6) is 0.0678. The van der Waals surface area contributed by atoms with Gasteiger partial charge in [-0.15, -0.1) is 0 Å². The van der Waals surface area contributed by atoms with E-state index in [9.17, 15) is 14.7 Å². The third kappa shape index (κ3) is 6.12. The molecule has 2 saturated heterocycles. The molecule has 0 saturated carbocycles. The molecule has 0 spiro atoms. The van der Waals surface area contributed by atoms with E-state index in [4.69, 9.17) is 4.98 Å². The van der Waals surface area contributed by atoms with Crippen LogP contribution in [-0.4, -0.2) is 81.9 Å². The predicted molar refractivity (Wildman–Crippen MR) is 164 cm³/mol. The Morgan fingerprint density at radius 1 is 0.643 bits per heavy atom. The number of pyridine rings is 1. The number of hydrogen-bond acceptors (Lipinski definition) is 5. The third-order valence-corrected chi connectivity index (χ3v) is 8.44. The van der Waals surface area contributed by atoms with E-state index in [1.54, 1.807) is 6.07 Å². The van der Waals surface area contributed by atoms with Gasteiger partial charge >= 0.3 is 0 Å². The number of carbonyl (C=O) groups is 2. The molecule has 1 N–H and O–H groups in total. The van der Waals surface area contributed by atoms with Crippen molar-refractivity contribution in [3.8, 4) is 22.5 Å². The summed E-state index contributed by atoms with van der Waals surface area (Å²) in [4.78, 5) is 38.0. The molecule has 4 aromatic rings. The number of carbonyl (C=O) groups excluding carboxylic acids is 2. The quantitative estimate of drug-likeness (QED) is 0.360. The molecule has 0 radical (unpaired) electrons. The van der Waals surface area contributed by atoms with Crippen LogP contribution in [0.4, 0.5) is 0 Å². The highest BCUT2D eigenvalue weighted by atomic mass is 16.3. The van der Waals surface area contributed by atoms with Crippen LogP contribution >= 0.6 is 0 Å². The summed E-state index contributed by atoms with van der Waals surface area (Å²) >= 11 is 0. The van der Waals surface area contributed by atoms with Gasteiger partial charge in [-0.1, -0.05) is 72.8 Å². The molecule has 0 atom stereocenters. The molecule has 2 aliphatic rings. The number of aliphatic hydroxyl groups is 1. The van der Waals surface area contributed by atoms with Crippen LogP contribution in [0.25, 0.3) is 22.5 Å². The largest absolute Gasteiger partial charge is 0.392 e. The molecular weight excluding hydrogens is 524 g/mol. The second kappa shape index (κ2) is 12.7. The van der Waals surface area contributed by atoms with Gasteiger partial charge in [0, 0.05) is 67.6 Å². The molecule has 42 heavy (non-hydrogen) atoms. The van der Waals surface area contributed by atoms with Gasteiger partial charge in [0.15, 0.2) is 0 Å². The zero-order chi connectivity index (χ0) is 28.9. The van der Waals surface area contributed by atoms with Crippen LogP contribution in [-0.2, 0) is 6.61 Å². The number of benzene rings is 3. The Morgan fingerprint density at radius 3 is 1.76 bits per heavy atom. The number of aromatic nitrogens is 1. The van der Waals surface area contributed by atoms with E-state index in [0.717, 1.165) is 54.0 Å². The average Bonchev–Trinajstić information content (AvgIpc) is 3.08. The molecule has 0 bridgehead atoms. The number of likely N-dealkylation sites (tertiary alicyclic amines) is 1. The Kier molecular flexibility index (Phi) is 8.40. The Labute approximate surface area is 247 Å². The van der Waals surface area contributed by atoms with Crippen molar-refractivity contribution in [3.63, 3.8) is 0 Å². The molecule has 2 aliphatic heterocycles. The average molecular weight is 561 g/mol. The van der Waals surface area contributed by atoms with Crippen LogP contribution in [0.5, 0.6) is 0 Å². The maximum Gasteiger partial charge on any atom is 0.254 e. The van der Waals surface area contributed by atoms with E-state index in [2.05, 4.69) is 4.90 Å². The van der Waals surface area contributed by atoms with Crippen molar-refractivity contribution in [1.82, 2.24) is 19.7 Å². The maximum atomic E-state index is 13.8. The fourth-order valence-electron chi connectivity index (χ4n) is 6.06. The first-order chi connectivity index (χ1) is 20.6. The summed E-state index contributed by atoms with van der Waals surface area (Å²) in [6.07, 6.45) is 1.84. The summed E-state index contributed by atoms with van der Waals surface area (Å²) in [7, 11) is 0. The monoisotopic (exact) mass is 560 g/mol. The zero-order valence-electron chi connectivity index (χ0n) is 23.7. The van der Waals surface area contributed by atoms with Crippen LogP contribution in [0.15, 0.2) is 97.1 Å². The molecule has 0 aliphatic carbocycles. The van der Waals surface area contributed by atoms with Gasteiger partial charge in [0.05, 0.1) is 18.0 Å². The van der Waals surface area contributed by atoms with Gasteiger partial charge in [0.25, 0.3) is 11.8 Å². The number of hydrogen-bond donors (Lipinski definition) is 1. The van der Waals surface area contributed by atoms with Gasteiger partial charge in [-0.05, 0) is 42.7 Å². The van der Waals surface area contributed by atoms with E-state index >= 15 is 0 Å². The molecule has 2 amide bonds. The standard InChI is InChI=1S/C35H36N4O3/c40-25-26-8-7-13-29(22-26)34(41)38-16-14-31(15-17-38)37-18-20-39(21-19-37)35(42)30-23-32(27-9-3-1-4-10-27)36-33(24-30)28-11-5-2-6-12-28/h1-13,22-24,31,40H,14-21,25H2. The van der Waals surface area contributed by atoms with Crippen molar-refractivity contribution in [3.05, 3.63) is 114 Å². The lowest BCUT2D eigenvalue weighted by Crippen LogP contribution is -2.54. The first kappa shape index (κ1) is 27.8. The second-order valence-electron chi connectivity index (χ2n) is 11.1. The molecule has 3 aromatic carbocycles. The highest BCUT2D eigenvalue weighted by molar-refractivity contribution is 5.96. The van der Waals surface area contributed by atoms with Crippen molar-refractivity contribution >= 4 is 11.8 Å². The normalized spacial score (nSPS) is 16.4. The summed E-state index contributed by atoms with van der Waals surface area (Å²) in [5, 5.41) is 9.41. The van der Waals surface area contributed by atoms with Crippen molar-refractivity contribution in [1.29, 1.82) is 0 Å². The molecular formula is C35H36N4O3. The number of aliphatic hydroxyl groups excluding tert-OH is 1. The minimum absolute atomic E-state index is 0.0289. The summed E-state index contributed by atoms with van der Waals surface area (Å²) in [6.45, 7) is 4.36. The Balaban J connectivity index is 1.09. The highest BCUT2D eigenvalue weighted by Gasteiger charge is 2.31. The molecule has 1 aromatic heterocycles. The maximum absolute atomic E-state index is 13.8. The summed E-state index contributed by atoms with van der Waals surface area (Å²) in [6, 6.07) is 31.5. The zero-order valence-corrected chi connectivity index (χ0v) is 23.7. The fraction of sp³-hybridized carbons (Fsp3) is 0.286. The van der Waals surface area contributed by atoms with Crippen molar-refractivity contribution in [2.45, 2.75) is 25.5 Å². The molecule has 0 unspecified atom stereocenters. The molecule has 3 heterocycles. The van der Waals surface area contributed by atoms with Crippen LogP contribution < -0.4 is 0 Å². The number of rotatable bonds is 6. The lowest BCUT2D eigenvalue weighted by Gasteiger charge is -2.42. The lowest BCUT2D eigenvalue weighted by atomic mass is 10.0. The van der Waals surface area contributed by atoms with Crippen LogP contribution in [0.1, 0.15) is 39.1 Å². The highest BCUT2D eigenvalue weighted by Crippen LogP contribution is 2.26. The first-order valence-corrected chi connectivity index (χ1v) is 14.7. The Bertz CT molecular complexity index is 1470. The number of piperidine rings is 1. The number of nitrogens with zero attached hydrogens (tertiary/aromatic N) is 4. The van der Waals surface area contributed by atoms with E-state index in [0.29, 0.717) is 43.3 Å². The molecule has 214 valence electrons. The van der Waals surface area contributed by atoms with Gasteiger partial charge in [0.1, 0.15) is 0 Å². The molecule has 7 heteroatoms. The number of piperazine rings is 1. The van der Waals surface area contributed by atoms with Gasteiger partial charge in [-0.25, -0.2) is 4.98 Å². The van der Waals surface area contributed by atoms with E-state index in [1.165, 1.54) is 0 Å². The van der Waals surface area contributed by atoms with Crippen LogP contribution in [0.2, 0.25) is 0 Å². The predicted octanol–water partition coefficient (Wildman–Crippen LogP) is 4.97. The first-order valence-electron chi connectivity index (χ1n) is 14.7. The number of amides is 2. The summed E-state index contributed by atoms with van der Waals surface area (Å²) < 4.78 is 0. The smallest absolute Gasteiger partial charge is 0.254 e. The van der Waals surface area contributed by atoms with E-state index < -0.39 is 0 Å². The molecule has 7 nitrogen and oxygen atoms in total. The fourth-order valence-corrected chi connectivity index (χ4v) is 6.06. The third-order valence-electron chi connectivity index (χ3n) is 8.44. The van der Waals surface area contributed by atoms with E-state index in [1.807, 2.05) is 101 Å². The topological polar surface area (TPSA) is 77.0 Å². The second-order valence-corrected chi connectivity index (χ2v) is 11.1. The Morgan fingerprint density at radius 2 is 1.19 bits per heavy atom. The van der Waals surface area contributed by atoms with Crippen molar-refractivity contribution in [2.75, 3.05) is 39.3 Å². The van der Waals surface area contributed by atoms with Gasteiger partial charge in [0.2, 0.25) is 0 Å². The van der Waals surface area contributed by atoms with Crippen molar-refractivity contribution in [2.24, 2.45) is 0 Å².